The average Bonchev–Trinajstić information content (AvgIpc) is 3.41. The fourth-order valence-electron chi connectivity index (χ4n) is 3.91. The summed E-state index contributed by atoms with van der Waals surface area (Å²) in [6, 6.07) is 9.85. The van der Waals surface area contributed by atoms with Crippen LogP contribution < -0.4 is 4.90 Å². The third kappa shape index (κ3) is 4.60. The van der Waals surface area contributed by atoms with Crippen LogP contribution >= 0.6 is 22.9 Å². The van der Waals surface area contributed by atoms with E-state index in [1.54, 1.807) is 4.90 Å². The number of amides is 1. The normalized spacial score (nSPS) is 14.7. The third-order valence-corrected chi connectivity index (χ3v) is 6.93. The van der Waals surface area contributed by atoms with Crippen molar-refractivity contribution >= 4 is 39.6 Å². The van der Waals surface area contributed by atoms with E-state index < -0.39 is 11.7 Å². The maximum atomic E-state index is 12.9. The van der Waals surface area contributed by atoms with Gasteiger partial charge in [-0.15, -0.1) is 11.3 Å². The molecular weight excluding hydrogens is 487 g/mol. The standard InChI is InChI=1S/C23H19ClF3N5OS/c24-17-4-1-15(2-5-17)19-13-32-18(14-34-22(32)29-19)11-21(33)31-9-7-30(8-10-31)20-6-3-16(12-28-20)23(25,26)27/h1-6,12-14H,7-11H2. The van der Waals surface area contributed by atoms with E-state index in [1.165, 1.54) is 17.4 Å². The molecule has 34 heavy (non-hydrogen) atoms. The van der Waals surface area contributed by atoms with Crippen molar-refractivity contribution in [2.24, 2.45) is 0 Å². The van der Waals surface area contributed by atoms with Gasteiger partial charge >= 0.3 is 6.18 Å². The predicted octanol–water partition coefficient (Wildman–Crippen LogP) is 5.02. The first kappa shape index (κ1) is 22.7. The zero-order valence-electron chi connectivity index (χ0n) is 17.8. The van der Waals surface area contributed by atoms with Gasteiger partial charge in [0.25, 0.3) is 0 Å². The quantitative estimate of drug-likeness (QED) is 0.391. The molecule has 0 bridgehead atoms. The molecule has 0 radical (unpaired) electrons. The van der Waals surface area contributed by atoms with Gasteiger partial charge in [-0.3, -0.25) is 9.20 Å². The van der Waals surface area contributed by atoms with E-state index in [0.717, 1.165) is 34.2 Å². The van der Waals surface area contributed by atoms with Gasteiger partial charge in [0.15, 0.2) is 4.96 Å². The zero-order chi connectivity index (χ0) is 23.9. The lowest BCUT2D eigenvalue weighted by atomic mass is 10.2. The highest BCUT2D eigenvalue weighted by Gasteiger charge is 2.31. The summed E-state index contributed by atoms with van der Waals surface area (Å²) in [7, 11) is 0. The molecule has 4 aromatic rings. The van der Waals surface area contributed by atoms with Crippen molar-refractivity contribution < 1.29 is 18.0 Å². The van der Waals surface area contributed by atoms with Crippen molar-refractivity contribution in [3.63, 3.8) is 0 Å². The van der Waals surface area contributed by atoms with Crippen molar-refractivity contribution in [1.29, 1.82) is 0 Å². The summed E-state index contributed by atoms with van der Waals surface area (Å²) in [5, 5.41) is 2.60. The van der Waals surface area contributed by atoms with Gasteiger partial charge in [0, 0.05) is 60.2 Å². The van der Waals surface area contributed by atoms with Gasteiger partial charge in [-0.05, 0) is 24.3 Å². The van der Waals surface area contributed by atoms with E-state index >= 15 is 0 Å². The van der Waals surface area contributed by atoms with Gasteiger partial charge < -0.3 is 9.80 Å². The Bertz CT molecular complexity index is 1310. The SMILES string of the molecule is O=C(Cc1csc2nc(-c3ccc(Cl)cc3)cn12)N1CCN(c2ccc(C(F)(F)F)cn2)CC1. The molecule has 11 heteroatoms. The van der Waals surface area contributed by atoms with Crippen LogP contribution in [0.4, 0.5) is 19.0 Å². The molecule has 1 saturated heterocycles. The van der Waals surface area contributed by atoms with Gasteiger partial charge in [0.05, 0.1) is 17.7 Å². The molecule has 0 spiro atoms. The van der Waals surface area contributed by atoms with E-state index in [0.29, 0.717) is 37.0 Å². The Labute approximate surface area is 202 Å². The van der Waals surface area contributed by atoms with Gasteiger partial charge in [0.1, 0.15) is 5.82 Å². The molecule has 3 aromatic heterocycles. The minimum Gasteiger partial charge on any atom is -0.353 e. The summed E-state index contributed by atoms with van der Waals surface area (Å²) in [6.45, 7) is 1.98. The number of halogens is 4. The second-order valence-electron chi connectivity index (χ2n) is 7.96. The number of nitrogens with zero attached hydrogens (tertiary/aromatic N) is 5. The molecular formula is C23H19ClF3N5OS. The number of benzene rings is 1. The van der Waals surface area contributed by atoms with E-state index in [4.69, 9.17) is 11.6 Å². The van der Waals surface area contributed by atoms with Gasteiger partial charge in [-0.2, -0.15) is 13.2 Å². The van der Waals surface area contributed by atoms with Crippen LogP contribution in [0.2, 0.25) is 5.02 Å². The Morgan fingerprint density at radius 1 is 1.06 bits per heavy atom. The lowest BCUT2D eigenvalue weighted by Gasteiger charge is -2.35. The number of piperazine rings is 1. The number of carbonyl (C=O) groups is 1. The number of thiazole rings is 1. The van der Waals surface area contributed by atoms with Crippen molar-refractivity contribution in [1.82, 2.24) is 19.3 Å². The summed E-state index contributed by atoms with van der Waals surface area (Å²) in [4.78, 5) is 26.0. The number of carbonyl (C=O) groups excluding carboxylic acids is 1. The Morgan fingerprint density at radius 3 is 2.44 bits per heavy atom. The Kier molecular flexibility index (Phi) is 5.95. The molecule has 1 aromatic carbocycles. The van der Waals surface area contributed by atoms with Crippen molar-refractivity contribution in [2.75, 3.05) is 31.1 Å². The number of fused-ring (bicyclic) bond motifs is 1. The molecule has 4 heterocycles. The molecule has 0 saturated carbocycles. The van der Waals surface area contributed by atoms with E-state index in [1.807, 2.05) is 45.1 Å². The maximum absolute atomic E-state index is 12.9. The number of rotatable bonds is 4. The summed E-state index contributed by atoms with van der Waals surface area (Å²) >= 11 is 7.45. The number of hydrogen-bond acceptors (Lipinski definition) is 5. The first-order valence-corrected chi connectivity index (χ1v) is 11.8. The molecule has 1 aliphatic rings. The number of alkyl halides is 3. The van der Waals surface area contributed by atoms with Crippen LogP contribution in [0.15, 0.2) is 54.2 Å². The van der Waals surface area contributed by atoms with Crippen LogP contribution in [-0.2, 0) is 17.4 Å². The van der Waals surface area contributed by atoms with Gasteiger partial charge in [-0.25, -0.2) is 9.97 Å². The van der Waals surface area contributed by atoms with Crippen LogP contribution in [0.25, 0.3) is 16.2 Å². The van der Waals surface area contributed by atoms with E-state index in [-0.39, 0.29) is 12.3 Å². The Hall–Kier alpha value is -3.11. The van der Waals surface area contributed by atoms with Crippen LogP contribution in [0.1, 0.15) is 11.3 Å². The predicted molar refractivity (Wildman–Crippen MR) is 125 cm³/mol. The smallest absolute Gasteiger partial charge is 0.353 e. The monoisotopic (exact) mass is 505 g/mol. The van der Waals surface area contributed by atoms with Gasteiger partial charge in [-0.1, -0.05) is 23.7 Å². The molecule has 5 rings (SSSR count). The molecule has 176 valence electrons. The number of aromatic nitrogens is 3. The second-order valence-corrected chi connectivity index (χ2v) is 9.23. The van der Waals surface area contributed by atoms with Crippen molar-refractivity contribution in [3.05, 3.63) is 70.5 Å². The lowest BCUT2D eigenvalue weighted by Crippen LogP contribution is -2.49. The minimum absolute atomic E-state index is 0.00136. The highest BCUT2D eigenvalue weighted by Crippen LogP contribution is 2.30. The summed E-state index contributed by atoms with van der Waals surface area (Å²) in [5.74, 6) is 0.481. The molecule has 0 aliphatic carbocycles. The van der Waals surface area contributed by atoms with Crippen LogP contribution in [0.5, 0.6) is 0 Å². The van der Waals surface area contributed by atoms with Crippen LogP contribution in [0, 0.1) is 0 Å². The molecule has 0 N–H and O–H groups in total. The number of hydrogen-bond donors (Lipinski definition) is 0. The number of pyridine rings is 1. The zero-order valence-corrected chi connectivity index (χ0v) is 19.4. The fourth-order valence-corrected chi connectivity index (χ4v) is 4.91. The Morgan fingerprint density at radius 2 is 1.79 bits per heavy atom. The highest BCUT2D eigenvalue weighted by atomic mass is 35.5. The molecule has 1 fully saturated rings. The summed E-state index contributed by atoms with van der Waals surface area (Å²) in [6.07, 6.45) is -1.40. The molecule has 1 amide bonds. The van der Waals surface area contributed by atoms with E-state index in [2.05, 4.69) is 9.97 Å². The Balaban J connectivity index is 1.22. The van der Waals surface area contributed by atoms with Crippen LogP contribution in [0.3, 0.4) is 0 Å². The third-order valence-electron chi connectivity index (χ3n) is 5.79. The van der Waals surface area contributed by atoms with Crippen LogP contribution in [-0.4, -0.2) is 51.4 Å². The summed E-state index contributed by atoms with van der Waals surface area (Å²) in [5.41, 5.74) is 1.86. The average molecular weight is 506 g/mol. The first-order chi connectivity index (χ1) is 16.3. The summed E-state index contributed by atoms with van der Waals surface area (Å²) < 4.78 is 40.2. The molecule has 1 aliphatic heterocycles. The van der Waals surface area contributed by atoms with Crippen molar-refractivity contribution in [2.45, 2.75) is 12.6 Å². The van der Waals surface area contributed by atoms with Crippen molar-refractivity contribution in [3.8, 4) is 11.3 Å². The fraction of sp³-hybridized carbons (Fsp3) is 0.261. The highest BCUT2D eigenvalue weighted by molar-refractivity contribution is 7.15. The first-order valence-electron chi connectivity index (χ1n) is 10.6. The molecule has 0 atom stereocenters. The second kappa shape index (κ2) is 8.92. The minimum atomic E-state index is -4.41. The topological polar surface area (TPSA) is 53.7 Å². The lowest BCUT2D eigenvalue weighted by molar-refractivity contribution is -0.137. The van der Waals surface area contributed by atoms with Gasteiger partial charge in [0.2, 0.25) is 5.91 Å². The number of imidazole rings is 1. The molecule has 0 unspecified atom stereocenters. The largest absolute Gasteiger partial charge is 0.417 e. The molecule has 6 nitrogen and oxygen atoms in total. The maximum Gasteiger partial charge on any atom is 0.417 e. The number of anilines is 1. The van der Waals surface area contributed by atoms with E-state index in [9.17, 15) is 18.0 Å².